The molecular weight excluding hydrogens is 125 g/mol. The maximum absolute atomic E-state index is 8.33. The number of carbonyl (C=O) groups is 1. The van der Waals surface area contributed by atoms with Crippen molar-refractivity contribution in [2.45, 2.75) is 0 Å². The van der Waals surface area contributed by atoms with Crippen LogP contribution >= 0.6 is 0 Å². The number of hydrogen-bond donors (Lipinski definition) is 0. The third-order valence-electron chi connectivity index (χ3n) is 0. The van der Waals surface area contributed by atoms with Gasteiger partial charge in [-0.3, -0.25) is 4.70 Å². The molecule has 32 valence electrons. The van der Waals surface area contributed by atoms with Gasteiger partial charge in [-0.05, 0) is 6.16 Å². The van der Waals surface area contributed by atoms with Crippen molar-refractivity contribution in [1.29, 1.82) is 0 Å². The zero-order valence-corrected chi connectivity index (χ0v) is 8.13. The summed E-state index contributed by atoms with van der Waals surface area (Å²) in [6, 6.07) is 0. The average Bonchev–Trinajstić information content (AvgIpc) is 0.811. The summed E-state index contributed by atoms with van der Waals surface area (Å²) < 4.78 is 0. The van der Waals surface area contributed by atoms with Crippen molar-refractivity contribution < 1.29 is 78.8 Å². The Morgan fingerprint density at radius 3 is 1.14 bits per heavy atom. The van der Waals surface area contributed by atoms with Crippen LogP contribution in [0.5, 0.6) is 0 Å². The summed E-state index contributed by atoms with van der Waals surface area (Å²) in [6.45, 7) is 0. The van der Waals surface area contributed by atoms with E-state index in [1.54, 1.807) is 0 Å². The van der Waals surface area contributed by atoms with E-state index in [0.717, 1.165) is 0 Å². The molecule has 7 heavy (non-hydrogen) atoms. The molecule has 0 rings (SSSR count). The fourth-order valence-electron chi connectivity index (χ4n) is 0. The zero-order valence-electron chi connectivity index (χ0n) is 4.13. The van der Waals surface area contributed by atoms with Crippen LogP contribution in [0.2, 0.25) is 0 Å². The Labute approximate surface area is 84.0 Å². The summed E-state index contributed by atoms with van der Waals surface area (Å²) in [6.07, 6.45) is -2.33. The first-order chi connectivity index (χ1) is 1.73. The van der Waals surface area contributed by atoms with Crippen molar-refractivity contribution in [2.24, 2.45) is 0 Å². The smallest absolute Gasteiger partial charge is 0.652 e. The standard InChI is InChI=1S/CH2O3.FH.2Na/c2-1(3)4;;;/h(H2,2,3,4);1H;;/q;;2*+1/p-2. The van der Waals surface area contributed by atoms with Gasteiger partial charge in [0.05, 0.1) is 0 Å². The van der Waals surface area contributed by atoms with Crippen LogP contribution in [-0.2, 0) is 0 Å². The van der Waals surface area contributed by atoms with E-state index in [0.29, 0.717) is 0 Å². The molecule has 0 aliphatic heterocycles. The first-order valence-electron chi connectivity index (χ1n) is 0.612. The number of carbonyl (C=O) groups excluding carboxylic acids is 1. The number of carboxylic acid groups (broad SMARTS) is 2. The molecule has 0 atom stereocenters. The molecule has 0 spiro atoms. The predicted molar refractivity (Wildman–Crippen MR) is 7.90 cm³/mol. The quantitative estimate of drug-likeness (QED) is 0.303. The van der Waals surface area contributed by atoms with Crippen LogP contribution in [0, 0.1) is 0 Å². The molecule has 0 fully saturated rings. The van der Waals surface area contributed by atoms with Crippen LogP contribution in [0.4, 0.5) is 9.50 Å². The van der Waals surface area contributed by atoms with Crippen molar-refractivity contribution in [1.82, 2.24) is 0 Å². The molecule has 0 bridgehead atoms. The van der Waals surface area contributed by atoms with Crippen LogP contribution in [0.25, 0.3) is 0 Å². The minimum atomic E-state index is -2.33. The Balaban J connectivity index is -0.0000000150. The minimum absolute atomic E-state index is 0. The van der Waals surface area contributed by atoms with Crippen LogP contribution in [-0.4, -0.2) is 6.16 Å². The van der Waals surface area contributed by atoms with Gasteiger partial charge in [0.15, 0.2) is 0 Å². The summed E-state index contributed by atoms with van der Waals surface area (Å²) in [5.74, 6) is 0. The molecule has 0 saturated carbocycles. The van der Waals surface area contributed by atoms with E-state index in [1.165, 1.54) is 0 Å². The third-order valence-corrected chi connectivity index (χ3v) is 0. The van der Waals surface area contributed by atoms with E-state index in [2.05, 4.69) is 0 Å². The molecule has 6 heteroatoms. The fourth-order valence-corrected chi connectivity index (χ4v) is 0. The van der Waals surface area contributed by atoms with Crippen LogP contribution in [0.3, 0.4) is 0 Å². The second-order valence-electron chi connectivity index (χ2n) is 0.250. The van der Waals surface area contributed by atoms with Crippen molar-refractivity contribution in [2.75, 3.05) is 0 Å². The molecule has 0 aliphatic rings. The van der Waals surface area contributed by atoms with Crippen molar-refractivity contribution >= 4 is 6.16 Å². The Morgan fingerprint density at radius 1 is 1.14 bits per heavy atom. The average molecular weight is 126 g/mol. The van der Waals surface area contributed by atoms with Gasteiger partial charge >= 0.3 is 59.1 Å². The van der Waals surface area contributed by atoms with Crippen molar-refractivity contribution in [3.8, 4) is 0 Å². The Kier molecular flexibility index (Phi) is 54.0. The number of rotatable bonds is 0. The molecule has 0 radical (unpaired) electrons. The van der Waals surface area contributed by atoms with E-state index in [1.807, 2.05) is 0 Å². The van der Waals surface area contributed by atoms with E-state index in [-0.39, 0.29) is 63.8 Å². The maximum Gasteiger partial charge on any atom is 1.00 e. The Bertz CT molecular complexity index is 35.9. The van der Waals surface area contributed by atoms with E-state index in [9.17, 15) is 0 Å². The second kappa shape index (κ2) is 15.7. The van der Waals surface area contributed by atoms with Crippen molar-refractivity contribution in [3.63, 3.8) is 0 Å². The Morgan fingerprint density at radius 2 is 1.14 bits per heavy atom. The first-order valence-corrected chi connectivity index (χ1v) is 0.612. The second-order valence-corrected chi connectivity index (χ2v) is 0.250. The van der Waals surface area contributed by atoms with Crippen molar-refractivity contribution in [3.05, 3.63) is 0 Å². The molecule has 0 aromatic carbocycles. The molecular formula is CHFNa2O3. The van der Waals surface area contributed by atoms with Gasteiger partial charge < -0.3 is 15.0 Å². The van der Waals surface area contributed by atoms with Crippen LogP contribution < -0.4 is 69.3 Å². The van der Waals surface area contributed by atoms with Gasteiger partial charge in [-0.1, -0.05) is 0 Å². The summed E-state index contributed by atoms with van der Waals surface area (Å²) in [4.78, 5) is 8.33. The fraction of sp³-hybridized carbons (Fsp3) is 0. The predicted octanol–water partition coefficient (Wildman–Crippen LogP) is -8.29. The van der Waals surface area contributed by atoms with E-state index >= 15 is 0 Å². The van der Waals surface area contributed by atoms with E-state index < -0.39 is 6.16 Å². The third kappa shape index (κ3) is 135. The summed E-state index contributed by atoms with van der Waals surface area (Å²) in [5, 5.41) is 16.7. The van der Waals surface area contributed by atoms with Gasteiger partial charge in [-0.25, -0.2) is 0 Å². The molecule has 3 nitrogen and oxygen atoms in total. The maximum atomic E-state index is 8.33. The summed E-state index contributed by atoms with van der Waals surface area (Å²) in [7, 11) is 0. The van der Waals surface area contributed by atoms with E-state index in [4.69, 9.17) is 15.0 Å². The number of halogens is 1. The molecule has 0 amide bonds. The monoisotopic (exact) mass is 126 g/mol. The summed E-state index contributed by atoms with van der Waals surface area (Å²) in [5.41, 5.74) is 0. The van der Waals surface area contributed by atoms with Gasteiger partial charge in [0.1, 0.15) is 0 Å². The van der Waals surface area contributed by atoms with Crippen LogP contribution in [0.15, 0.2) is 0 Å². The summed E-state index contributed by atoms with van der Waals surface area (Å²) >= 11 is 0. The van der Waals surface area contributed by atoms with Gasteiger partial charge in [-0.15, -0.1) is 0 Å². The molecule has 0 heterocycles. The molecule has 0 N–H and O–H groups in total. The molecule has 0 aromatic heterocycles. The molecule has 0 unspecified atom stereocenters. The number of hydrogen-bond acceptors (Lipinski definition) is 3. The normalized spacial score (nSPS) is 3.43. The zero-order chi connectivity index (χ0) is 3.58. The van der Waals surface area contributed by atoms with Gasteiger partial charge in [0, 0.05) is 0 Å². The topological polar surface area (TPSA) is 63.2 Å². The van der Waals surface area contributed by atoms with Crippen LogP contribution in [0.1, 0.15) is 0 Å². The minimum Gasteiger partial charge on any atom is -0.652 e. The van der Waals surface area contributed by atoms with Gasteiger partial charge in [0.2, 0.25) is 0 Å². The van der Waals surface area contributed by atoms with Gasteiger partial charge in [0.25, 0.3) is 0 Å². The SMILES string of the molecule is F.O=C([O-])[O-].[Na+].[Na+]. The Hall–Kier alpha value is 1.20. The molecule has 0 aromatic rings. The largest absolute Gasteiger partial charge is 1.00 e. The molecule has 0 saturated heterocycles. The van der Waals surface area contributed by atoms with Gasteiger partial charge in [-0.2, -0.15) is 0 Å². The molecule has 0 aliphatic carbocycles. The first kappa shape index (κ1) is 24.1.